The quantitative estimate of drug-likeness (QED) is 0.754. The third-order valence-corrected chi connectivity index (χ3v) is 4.05. The van der Waals surface area contributed by atoms with Crippen molar-refractivity contribution in [3.05, 3.63) is 76.9 Å². The van der Waals surface area contributed by atoms with Crippen LogP contribution in [0.15, 0.2) is 54.6 Å². The van der Waals surface area contributed by atoms with Crippen molar-refractivity contribution in [2.24, 2.45) is 0 Å². The van der Waals surface area contributed by atoms with Crippen molar-refractivity contribution in [1.82, 2.24) is 0 Å². The third-order valence-electron chi connectivity index (χ3n) is 4.05. The van der Waals surface area contributed by atoms with Crippen molar-refractivity contribution in [3.8, 4) is 5.75 Å². The number of carboxylic acid groups (broad SMARTS) is 1. The molecule has 0 saturated heterocycles. The summed E-state index contributed by atoms with van der Waals surface area (Å²) in [5.41, 5.74) is 2.70. The molecule has 0 spiro atoms. The number of hydrogen-bond acceptors (Lipinski definition) is 2. The molecule has 0 amide bonds. The van der Waals surface area contributed by atoms with Crippen LogP contribution < -0.4 is 0 Å². The van der Waals surface area contributed by atoms with Crippen LogP contribution in [-0.2, 0) is 12.8 Å². The molecule has 3 aromatic rings. The highest BCUT2D eigenvalue weighted by Gasteiger charge is 2.16. The zero-order chi connectivity index (χ0) is 16.4. The van der Waals surface area contributed by atoms with E-state index in [4.69, 9.17) is 0 Å². The summed E-state index contributed by atoms with van der Waals surface area (Å²) in [4.78, 5) is 11.4. The van der Waals surface area contributed by atoms with Gasteiger partial charge >= 0.3 is 5.97 Å². The average Bonchev–Trinajstić information content (AvgIpc) is 2.51. The molecule has 3 heteroatoms. The van der Waals surface area contributed by atoms with Gasteiger partial charge in [-0.1, -0.05) is 48.5 Å². The van der Waals surface area contributed by atoms with E-state index in [0.29, 0.717) is 12.0 Å². The van der Waals surface area contributed by atoms with E-state index in [1.54, 1.807) is 0 Å². The van der Waals surface area contributed by atoms with Crippen LogP contribution in [0.25, 0.3) is 10.8 Å². The molecule has 0 radical (unpaired) electrons. The Morgan fingerprint density at radius 3 is 2.43 bits per heavy atom. The molecule has 3 aromatic carbocycles. The van der Waals surface area contributed by atoms with Crippen molar-refractivity contribution in [2.45, 2.75) is 19.8 Å². The second-order valence-electron chi connectivity index (χ2n) is 5.80. The lowest BCUT2D eigenvalue weighted by molar-refractivity contribution is 0.0692. The van der Waals surface area contributed by atoms with Crippen molar-refractivity contribution in [2.75, 3.05) is 0 Å². The maximum Gasteiger partial charge on any atom is 0.339 e. The molecule has 3 rings (SSSR count). The summed E-state index contributed by atoms with van der Waals surface area (Å²) in [5, 5.41) is 21.6. The first kappa shape index (κ1) is 15.1. The lowest BCUT2D eigenvalue weighted by Gasteiger charge is -2.10. The van der Waals surface area contributed by atoms with E-state index < -0.39 is 5.97 Å². The van der Waals surface area contributed by atoms with E-state index in [2.05, 4.69) is 30.3 Å². The smallest absolute Gasteiger partial charge is 0.339 e. The van der Waals surface area contributed by atoms with Crippen molar-refractivity contribution < 1.29 is 15.0 Å². The Morgan fingerprint density at radius 1 is 0.957 bits per heavy atom. The highest BCUT2D eigenvalue weighted by atomic mass is 16.4. The number of benzene rings is 3. The van der Waals surface area contributed by atoms with E-state index in [9.17, 15) is 15.0 Å². The van der Waals surface area contributed by atoms with Gasteiger partial charge in [0.05, 0.1) is 0 Å². The number of fused-ring (bicyclic) bond motifs is 1. The minimum atomic E-state index is -1.09. The van der Waals surface area contributed by atoms with Gasteiger partial charge in [0, 0.05) is 0 Å². The van der Waals surface area contributed by atoms with Gasteiger partial charge in [-0.25, -0.2) is 4.79 Å². The zero-order valence-electron chi connectivity index (χ0n) is 12.9. The van der Waals surface area contributed by atoms with Gasteiger partial charge in [0.1, 0.15) is 11.3 Å². The van der Waals surface area contributed by atoms with E-state index in [1.807, 2.05) is 25.1 Å². The van der Waals surface area contributed by atoms with Crippen molar-refractivity contribution >= 4 is 16.7 Å². The highest BCUT2D eigenvalue weighted by molar-refractivity contribution is 5.92. The molecule has 0 bridgehead atoms. The fourth-order valence-electron chi connectivity index (χ4n) is 2.96. The summed E-state index contributed by atoms with van der Waals surface area (Å²) in [5.74, 6) is -1.25. The predicted octanol–water partition coefficient (Wildman–Crippen LogP) is 4.34. The Hall–Kier alpha value is -2.81. The molecule has 0 saturated carbocycles. The largest absolute Gasteiger partial charge is 0.507 e. The number of phenols is 1. The van der Waals surface area contributed by atoms with E-state index in [0.717, 1.165) is 17.5 Å². The SMILES string of the molecule is Cc1cc(O)c(C(=O)O)c(CCc2ccc3ccccc3c2)c1. The maximum absolute atomic E-state index is 11.4. The summed E-state index contributed by atoms with van der Waals surface area (Å²) in [6.45, 7) is 1.85. The molecule has 0 aliphatic heterocycles. The second kappa shape index (κ2) is 6.13. The molecule has 0 aromatic heterocycles. The lowest BCUT2D eigenvalue weighted by atomic mass is 9.96. The summed E-state index contributed by atoms with van der Waals surface area (Å²) in [6.07, 6.45) is 1.31. The number of aromatic hydroxyl groups is 1. The minimum Gasteiger partial charge on any atom is -0.507 e. The van der Waals surface area contributed by atoms with Crippen LogP contribution in [0.1, 0.15) is 27.0 Å². The molecule has 0 aliphatic carbocycles. The minimum absolute atomic E-state index is 0.0105. The highest BCUT2D eigenvalue weighted by Crippen LogP contribution is 2.25. The summed E-state index contributed by atoms with van der Waals surface area (Å²) >= 11 is 0. The monoisotopic (exact) mass is 306 g/mol. The fraction of sp³-hybridized carbons (Fsp3) is 0.150. The molecule has 0 unspecified atom stereocenters. The maximum atomic E-state index is 11.4. The van der Waals surface area contributed by atoms with Gasteiger partial charge in [-0.05, 0) is 53.3 Å². The first-order chi connectivity index (χ1) is 11.0. The molecule has 0 aliphatic rings. The topological polar surface area (TPSA) is 57.5 Å². The molecule has 116 valence electrons. The standard InChI is InChI=1S/C20H18O3/c1-13-10-17(19(20(22)23)18(21)11-13)9-7-14-6-8-15-4-2-3-5-16(15)12-14/h2-6,8,10-12,21H,7,9H2,1H3,(H,22,23). The van der Waals surface area contributed by atoms with Gasteiger partial charge in [0.2, 0.25) is 0 Å². The normalized spacial score (nSPS) is 10.8. The molecule has 0 fully saturated rings. The van der Waals surface area contributed by atoms with Crippen LogP contribution in [0.2, 0.25) is 0 Å². The van der Waals surface area contributed by atoms with Gasteiger partial charge in [-0.2, -0.15) is 0 Å². The Labute approximate surface area is 134 Å². The number of aryl methyl sites for hydroxylation is 3. The van der Waals surface area contributed by atoms with Gasteiger partial charge in [-0.15, -0.1) is 0 Å². The Morgan fingerprint density at radius 2 is 1.70 bits per heavy atom. The number of aromatic carboxylic acids is 1. The second-order valence-corrected chi connectivity index (χ2v) is 5.80. The number of carbonyl (C=O) groups is 1. The van der Waals surface area contributed by atoms with E-state index in [1.165, 1.54) is 16.8 Å². The van der Waals surface area contributed by atoms with Gasteiger partial charge in [0.15, 0.2) is 0 Å². The summed E-state index contributed by atoms with van der Waals surface area (Å²) in [6, 6.07) is 17.8. The fourth-order valence-corrected chi connectivity index (χ4v) is 2.96. The lowest BCUT2D eigenvalue weighted by Crippen LogP contribution is -2.05. The van der Waals surface area contributed by atoms with Crippen LogP contribution in [0, 0.1) is 6.92 Å². The molecule has 0 atom stereocenters. The van der Waals surface area contributed by atoms with Crippen molar-refractivity contribution in [1.29, 1.82) is 0 Å². The Balaban J connectivity index is 1.88. The summed E-state index contributed by atoms with van der Waals surface area (Å²) in [7, 11) is 0. The predicted molar refractivity (Wildman–Crippen MR) is 91.2 cm³/mol. The molecule has 3 nitrogen and oxygen atoms in total. The molecular weight excluding hydrogens is 288 g/mol. The Kier molecular flexibility index (Phi) is 4.02. The molecular formula is C20H18O3. The van der Waals surface area contributed by atoms with Crippen LogP contribution in [-0.4, -0.2) is 16.2 Å². The molecule has 2 N–H and O–H groups in total. The van der Waals surface area contributed by atoms with E-state index >= 15 is 0 Å². The first-order valence-corrected chi connectivity index (χ1v) is 7.58. The first-order valence-electron chi connectivity index (χ1n) is 7.58. The van der Waals surface area contributed by atoms with Crippen LogP contribution in [0.5, 0.6) is 5.75 Å². The number of hydrogen-bond donors (Lipinski definition) is 2. The van der Waals surface area contributed by atoms with Crippen LogP contribution >= 0.6 is 0 Å². The average molecular weight is 306 g/mol. The van der Waals surface area contributed by atoms with E-state index in [-0.39, 0.29) is 11.3 Å². The van der Waals surface area contributed by atoms with Crippen LogP contribution in [0.4, 0.5) is 0 Å². The number of carboxylic acids is 1. The van der Waals surface area contributed by atoms with Gasteiger partial charge in [0.25, 0.3) is 0 Å². The summed E-state index contributed by atoms with van der Waals surface area (Å²) < 4.78 is 0. The zero-order valence-corrected chi connectivity index (χ0v) is 12.9. The third kappa shape index (κ3) is 3.19. The van der Waals surface area contributed by atoms with Crippen molar-refractivity contribution in [3.63, 3.8) is 0 Å². The Bertz CT molecular complexity index is 881. The van der Waals surface area contributed by atoms with Gasteiger partial charge in [-0.3, -0.25) is 0 Å². The van der Waals surface area contributed by atoms with Gasteiger partial charge < -0.3 is 10.2 Å². The molecule has 0 heterocycles. The number of rotatable bonds is 4. The molecule has 23 heavy (non-hydrogen) atoms. The van der Waals surface area contributed by atoms with Crippen LogP contribution in [0.3, 0.4) is 0 Å².